The minimum atomic E-state index is -0.392. The Balaban J connectivity index is 1.73. The fraction of sp³-hybridized carbons (Fsp3) is 0.238. The van der Waals surface area contributed by atoms with E-state index in [0.29, 0.717) is 34.3 Å². The Morgan fingerprint density at radius 3 is 2.97 bits per heavy atom. The van der Waals surface area contributed by atoms with Crippen molar-refractivity contribution < 1.29 is 9.13 Å². The van der Waals surface area contributed by atoms with Crippen molar-refractivity contribution in [1.82, 2.24) is 19.8 Å². The second-order valence-electron chi connectivity index (χ2n) is 7.50. The van der Waals surface area contributed by atoms with Crippen LogP contribution in [0.2, 0.25) is 5.15 Å². The lowest BCUT2D eigenvalue weighted by Crippen LogP contribution is -2.32. The number of pyridine rings is 1. The van der Waals surface area contributed by atoms with Crippen LogP contribution in [0.3, 0.4) is 0 Å². The topological polar surface area (TPSA) is 105 Å². The maximum atomic E-state index is 14.0. The molecule has 2 aliphatic heterocycles. The first-order valence-corrected chi connectivity index (χ1v) is 9.95. The van der Waals surface area contributed by atoms with Gasteiger partial charge in [-0.05, 0) is 35.9 Å². The highest BCUT2D eigenvalue weighted by Crippen LogP contribution is 2.36. The summed E-state index contributed by atoms with van der Waals surface area (Å²) in [6.45, 7) is 0.0482. The molecule has 2 unspecified atom stereocenters. The highest BCUT2D eigenvalue weighted by molar-refractivity contribution is 6.29. The van der Waals surface area contributed by atoms with Gasteiger partial charge in [-0.3, -0.25) is 5.01 Å². The minimum absolute atomic E-state index is 0.0482. The van der Waals surface area contributed by atoms with Gasteiger partial charge in [-0.15, -0.1) is 0 Å². The van der Waals surface area contributed by atoms with Crippen LogP contribution in [-0.2, 0) is 13.0 Å². The van der Waals surface area contributed by atoms with Gasteiger partial charge in [-0.25, -0.2) is 14.1 Å². The second-order valence-corrected chi connectivity index (χ2v) is 7.89. The van der Waals surface area contributed by atoms with Crippen molar-refractivity contribution in [2.75, 3.05) is 12.8 Å². The molecule has 1 aromatic carbocycles. The highest BCUT2D eigenvalue weighted by Gasteiger charge is 2.38. The van der Waals surface area contributed by atoms with Crippen molar-refractivity contribution in [3.63, 3.8) is 0 Å². The van der Waals surface area contributed by atoms with Crippen LogP contribution in [-0.4, -0.2) is 38.6 Å². The van der Waals surface area contributed by atoms with E-state index in [1.807, 2.05) is 7.05 Å². The van der Waals surface area contributed by atoms with Crippen LogP contribution in [0.15, 0.2) is 41.6 Å². The van der Waals surface area contributed by atoms with Crippen LogP contribution in [0.4, 0.5) is 10.2 Å². The molecule has 0 amide bonds. The number of nitriles is 1. The fourth-order valence-corrected chi connectivity index (χ4v) is 4.37. The molecule has 8 nitrogen and oxygen atoms in total. The molecule has 10 heteroatoms. The van der Waals surface area contributed by atoms with E-state index in [0.717, 1.165) is 11.3 Å². The maximum absolute atomic E-state index is 14.0. The molecule has 0 radical (unpaired) electrons. The molecular formula is C21H17ClFN7O. The maximum Gasteiger partial charge on any atom is 0.166 e. The molecule has 0 saturated carbocycles. The quantitative estimate of drug-likeness (QED) is 0.579. The van der Waals surface area contributed by atoms with Gasteiger partial charge in [0.1, 0.15) is 24.2 Å². The monoisotopic (exact) mass is 437 g/mol. The van der Waals surface area contributed by atoms with E-state index < -0.39 is 5.82 Å². The van der Waals surface area contributed by atoms with Crippen molar-refractivity contribution in [2.45, 2.75) is 25.0 Å². The molecule has 4 heterocycles. The molecular weight excluding hydrogens is 421 g/mol. The summed E-state index contributed by atoms with van der Waals surface area (Å²) in [4.78, 5) is 4.26. The number of likely N-dealkylation sites (N-methyl/N-ethyl adjacent to an activating group) is 1. The number of fused-ring (bicyclic) bond motifs is 7. The van der Waals surface area contributed by atoms with Crippen LogP contribution in [0.1, 0.15) is 22.7 Å². The number of ether oxygens (including phenoxy) is 1. The standard InChI is InChI=1S/C21H17ClFN7O/c1-29-17-6-14-7-19(22)28-30(14)16-3-2-13(23)4-12(16)10-31-18-5-11(9-26-21(18)25)20(17)15(8-24)27-29/h2-5,7,9,17,20H,6,10H2,1H3,(H2,25,26). The molecule has 156 valence electrons. The summed E-state index contributed by atoms with van der Waals surface area (Å²) in [6, 6.07) is 9.95. The molecule has 0 aliphatic carbocycles. The first-order valence-electron chi connectivity index (χ1n) is 9.57. The minimum Gasteiger partial charge on any atom is -0.485 e. The van der Waals surface area contributed by atoms with E-state index >= 15 is 0 Å². The van der Waals surface area contributed by atoms with Gasteiger partial charge in [-0.1, -0.05) is 11.6 Å². The van der Waals surface area contributed by atoms with Crippen LogP contribution in [0.5, 0.6) is 5.75 Å². The number of aromatic nitrogens is 3. The Hall–Kier alpha value is -3.64. The SMILES string of the molecule is CN1N=C(C#N)C2c3cnc(N)c(c3)OCc3cc(F)ccc3-n3nc(Cl)cc3CC21. The molecule has 5 rings (SSSR count). The number of anilines is 1. The van der Waals surface area contributed by atoms with Gasteiger partial charge in [0.2, 0.25) is 0 Å². The molecule has 0 fully saturated rings. The van der Waals surface area contributed by atoms with Crippen LogP contribution in [0.25, 0.3) is 5.69 Å². The van der Waals surface area contributed by atoms with Gasteiger partial charge >= 0.3 is 0 Å². The third-order valence-corrected chi connectivity index (χ3v) is 5.81. The van der Waals surface area contributed by atoms with Gasteiger partial charge in [0, 0.05) is 30.9 Å². The summed E-state index contributed by atoms with van der Waals surface area (Å²) < 4.78 is 21.7. The summed E-state index contributed by atoms with van der Waals surface area (Å²) in [5, 5.41) is 20.6. The molecule has 2 N–H and O–H groups in total. The van der Waals surface area contributed by atoms with Crippen LogP contribution >= 0.6 is 11.6 Å². The first kappa shape index (κ1) is 19.3. The van der Waals surface area contributed by atoms with E-state index in [2.05, 4.69) is 21.3 Å². The number of benzene rings is 1. The Kier molecular flexibility index (Phi) is 4.52. The first-order chi connectivity index (χ1) is 14.9. The molecule has 2 aromatic heterocycles. The lowest BCUT2D eigenvalue weighted by molar-refractivity contribution is 0.264. The zero-order chi connectivity index (χ0) is 21.7. The summed E-state index contributed by atoms with van der Waals surface area (Å²) in [5.41, 5.74) is 9.19. The third kappa shape index (κ3) is 3.25. The molecule has 31 heavy (non-hydrogen) atoms. The molecule has 2 bridgehead atoms. The number of halogens is 2. The van der Waals surface area contributed by atoms with Gasteiger partial charge in [0.15, 0.2) is 16.7 Å². The van der Waals surface area contributed by atoms with E-state index in [-0.39, 0.29) is 24.4 Å². The van der Waals surface area contributed by atoms with Crippen LogP contribution in [0, 0.1) is 17.1 Å². The molecule has 0 spiro atoms. The van der Waals surface area contributed by atoms with Gasteiger partial charge in [-0.2, -0.15) is 15.5 Å². The molecule has 2 aliphatic rings. The third-order valence-electron chi connectivity index (χ3n) is 5.63. The Labute approximate surface area is 182 Å². The Morgan fingerprint density at radius 1 is 1.32 bits per heavy atom. The van der Waals surface area contributed by atoms with Gasteiger partial charge in [0.05, 0.1) is 17.6 Å². The number of rotatable bonds is 0. The van der Waals surface area contributed by atoms with Crippen molar-refractivity contribution in [1.29, 1.82) is 5.26 Å². The van der Waals surface area contributed by atoms with E-state index in [9.17, 15) is 9.65 Å². The van der Waals surface area contributed by atoms with Gasteiger partial charge in [0.25, 0.3) is 0 Å². The summed E-state index contributed by atoms with van der Waals surface area (Å²) in [6.07, 6.45) is 2.13. The fourth-order valence-electron chi connectivity index (χ4n) is 4.17. The van der Waals surface area contributed by atoms with Crippen molar-refractivity contribution in [3.8, 4) is 17.5 Å². The number of hydrazone groups is 1. The van der Waals surface area contributed by atoms with E-state index in [1.54, 1.807) is 34.1 Å². The van der Waals surface area contributed by atoms with Crippen molar-refractivity contribution >= 4 is 23.1 Å². The summed E-state index contributed by atoms with van der Waals surface area (Å²) in [5.74, 6) is -0.158. The number of nitrogens with zero attached hydrogens (tertiary/aromatic N) is 6. The highest BCUT2D eigenvalue weighted by atomic mass is 35.5. The predicted molar refractivity (Wildman–Crippen MR) is 113 cm³/mol. The van der Waals surface area contributed by atoms with E-state index in [1.165, 1.54) is 12.1 Å². The lowest BCUT2D eigenvalue weighted by Gasteiger charge is -2.26. The Bertz CT molecular complexity index is 1270. The zero-order valence-corrected chi connectivity index (χ0v) is 17.2. The van der Waals surface area contributed by atoms with Crippen molar-refractivity contribution in [2.24, 2.45) is 5.10 Å². The smallest absolute Gasteiger partial charge is 0.166 e. The molecule has 0 saturated heterocycles. The largest absolute Gasteiger partial charge is 0.485 e. The number of nitrogens with two attached hydrogens (primary N) is 1. The molecule has 3 aromatic rings. The predicted octanol–water partition coefficient (Wildman–Crippen LogP) is 3.05. The summed E-state index contributed by atoms with van der Waals surface area (Å²) in [7, 11) is 1.82. The number of hydrogen-bond donors (Lipinski definition) is 1. The van der Waals surface area contributed by atoms with E-state index in [4.69, 9.17) is 22.1 Å². The average molecular weight is 438 g/mol. The lowest BCUT2D eigenvalue weighted by atomic mass is 9.86. The number of hydrogen-bond acceptors (Lipinski definition) is 7. The van der Waals surface area contributed by atoms with Crippen molar-refractivity contribution in [3.05, 3.63) is 64.3 Å². The zero-order valence-electron chi connectivity index (χ0n) is 16.5. The normalized spacial score (nSPS) is 19.7. The van der Waals surface area contributed by atoms with Gasteiger partial charge < -0.3 is 10.5 Å². The summed E-state index contributed by atoms with van der Waals surface area (Å²) >= 11 is 6.26. The Morgan fingerprint density at radius 2 is 2.16 bits per heavy atom. The molecule has 2 atom stereocenters. The average Bonchev–Trinajstić information content (AvgIpc) is 3.26. The second kappa shape index (κ2) is 7.25. The van der Waals surface area contributed by atoms with Crippen LogP contribution < -0.4 is 10.5 Å². The number of nitrogen functional groups attached to an aromatic ring is 1.